The molecule has 0 aliphatic rings. The lowest BCUT2D eigenvalue weighted by atomic mass is 10.1. The summed E-state index contributed by atoms with van der Waals surface area (Å²) in [7, 11) is 1.67. The lowest BCUT2D eigenvalue weighted by molar-refractivity contribution is -0.121. The zero-order valence-corrected chi connectivity index (χ0v) is 14.9. The highest BCUT2D eigenvalue weighted by atomic mass is 16.5. The van der Waals surface area contributed by atoms with Crippen LogP contribution in [-0.2, 0) is 11.2 Å². The first-order valence-corrected chi connectivity index (χ1v) is 9.16. The Morgan fingerprint density at radius 2 is 1.57 bits per heavy atom. The molecule has 0 aliphatic carbocycles. The number of rotatable bonds is 13. The van der Waals surface area contributed by atoms with Crippen molar-refractivity contribution in [2.75, 3.05) is 13.7 Å². The molecular formula is C20H33NO2. The van der Waals surface area contributed by atoms with E-state index < -0.39 is 0 Å². The van der Waals surface area contributed by atoms with Crippen LogP contribution in [0.1, 0.15) is 70.3 Å². The normalized spacial score (nSPS) is 10.5. The Bertz CT molecular complexity index is 414. The van der Waals surface area contributed by atoms with E-state index in [0.29, 0.717) is 13.0 Å². The lowest BCUT2D eigenvalue weighted by Crippen LogP contribution is -2.25. The van der Waals surface area contributed by atoms with Crippen molar-refractivity contribution in [3.05, 3.63) is 29.8 Å². The molecule has 0 radical (unpaired) electrons. The van der Waals surface area contributed by atoms with Gasteiger partial charge >= 0.3 is 0 Å². The number of methoxy groups -OCH3 is 1. The van der Waals surface area contributed by atoms with Gasteiger partial charge in [0.25, 0.3) is 0 Å². The maximum absolute atomic E-state index is 11.8. The van der Waals surface area contributed by atoms with E-state index in [0.717, 1.165) is 18.6 Å². The Labute approximate surface area is 141 Å². The van der Waals surface area contributed by atoms with Crippen molar-refractivity contribution in [1.29, 1.82) is 0 Å². The van der Waals surface area contributed by atoms with Gasteiger partial charge in [-0.25, -0.2) is 0 Å². The minimum atomic E-state index is 0.185. The van der Waals surface area contributed by atoms with Gasteiger partial charge in [0.15, 0.2) is 0 Å². The molecule has 1 amide bonds. The molecule has 0 spiro atoms. The summed E-state index contributed by atoms with van der Waals surface area (Å²) in [4.78, 5) is 11.8. The topological polar surface area (TPSA) is 38.3 Å². The van der Waals surface area contributed by atoms with E-state index in [-0.39, 0.29) is 5.91 Å². The molecule has 0 atom stereocenters. The average molecular weight is 319 g/mol. The Balaban J connectivity index is 1.97. The van der Waals surface area contributed by atoms with E-state index in [1.54, 1.807) is 7.11 Å². The quantitative estimate of drug-likeness (QED) is 0.526. The van der Waals surface area contributed by atoms with Crippen LogP contribution in [0.2, 0.25) is 0 Å². The summed E-state index contributed by atoms with van der Waals surface area (Å²) in [5, 5.41) is 3.01. The third-order valence-electron chi connectivity index (χ3n) is 4.15. The molecule has 3 nitrogen and oxygen atoms in total. The van der Waals surface area contributed by atoms with Crippen LogP contribution in [-0.4, -0.2) is 19.6 Å². The molecule has 0 fully saturated rings. The molecule has 0 heterocycles. The minimum Gasteiger partial charge on any atom is -0.497 e. The number of carbonyl (C=O) groups excluding carboxylic acids is 1. The second kappa shape index (κ2) is 13.0. The van der Waals surface area contributed by atoms with Gasteiger partial charge in [-0.1, -0.05) is 64.0 Å². The van der Waals surface area contributed by atoms with E-state index in [9.17, 15) is 4.79 Å². The Kier molecular flexibility index (Phi) is 11.0. The number of amides is 1. The summed E-state index contributed by atoms with van der Waals surface area (Å²) in [6.07, 6.45) is 11.7. The van der Waals surface area contributed by atoms with Crippen LogP contribution in [0.4, 0.5) is 0 Å². The second-order valence-corrected chi connectivity index (χ2v) is 6.17. The van der Waals surface area contributed by atoms with Crippen LogP contribution in [0.5, 0.6) is 5.75 Å². The Hall–Kier alpha value is -1.51. The molecule has 1 aromatic rings. The molecule has 1 aromatic carbocycles. The van der Waals surface area contributed by atoms with Gasteiger partial charge in [-0.2, -0.15) is 0 Å². The van der Waals surface area contributed by atoms with Crippen molar-refractivity contribution in [2.24, 2.45) is 0 Å². The summed E-state index contributed by atoms with van der Waals surface area (Å²) in [6, 6.07) is 8.00. The summed E-state index contributed by atoms with van der Waals surface area (Å²) < 4.78 is 5.13. The highest BCUT2D eigenvalue weighted by Gasteiger charge is 2.01. The first-order chi connectivity index (χ1) is 11.3. The standard InChI is InChI=1S/C20H33NO2/c1-3-4-5-6-7-8-9-10-11-20(22)21-17-16-18-12-14-19(23-2)15-13-18/h12-15H,3-11,16-17H2,1-2H3,(H,21,22). The van der Waals surface area contributed by atoms with E-state index >= 15 is 0 Å². The van der Waals surface area contributed by atoms with E-state index in [2.05, 4.69) is 12.2 Å². The smallest absolute Gasteiger partial charge is 0.220 e. The summed E-state index contributed by atoms with van der Waals surface area (Å²) in [5.41, 5.74) is 1.22. The van der Waals surface area contributed by atoms with Crippen molar-refractivity contribution in [3.63, 3.8) is 0 Å². The van der Waals surface area contributed by atoms with Gasteiger partial charge in [0.05, 0.1) is 7.11 Å². The SMILES string of the molecule is CCCCCCCCCCC(=O)NCCc1ccc(OC)cc1. The largest absolute Gasteiger partial charge is 0.497 e. The first-order valence-electron chi connectivity index (χ1n) is 9.16. The fourth-order valence-electron chi connectivity index (χ4n) is 2.65. The highest BCUT2D eigenvalue weighted by Crippen LogP contribution is 2.11. The van der Waals surface area contributed by atoms with Crippen molar-refractivity contribution in [1.82, 2.24) is 5.32 Å². The third kappa shape index (κ3) is 9.98. The summed E-state index contributed by atoms with van der Waals surface area (Å²) in [5.74, 6) is 1.05. The number of unbranched alkanes of at least 4 members (excludes halogenated alkanes) is 7. The van der Waals surface area contributed by atoms with Crippen LogP contribution in [0.25, 0.3) is 0 Å². The zero-order valence-electron chi connectivity index (χ0n) is 14.9. The maximum Gasteiger partial charge on any atom is 0.220 e. The van der Waals surface area contributed by atoms with E-state index in [1.807, 2.05) is 24.3 Å². The zero-order chi connectivity index (χ0) is 16.8. The molecular weight excluding hydrogens is 286 g/mol. The molecule has 130 valence electrons. The molecule has 1 rings (SSSR count). The van der Waals surface area contributed by atoms with Crippen LogP contribution >= 0.6 is 0 Å². The van der Waals surface area contributed by atoms with Crippen molar-refractivity contribution >= 4 is 5.91 Å². The van der Waals surface area contributed by atoms with Crippen molar-refractivity contribution in [2.45, 2.75) is 71.1 Å². The third-order valence-corrected chi connectivity index (χ3v) is 4.15. The molecule has 1 N–H and O–H groups in total. The van der Waals surface area contributed by atoms with E-state index in [4.69, 9.17) is 4.74 Å². The molecule has 0 aliphatic heterocycles. The number of hydrogen-bond acceptors (Lipinski definition) is 2. The second-order valence-electron chi connectivity index (χ2n) is 6.17. The Morgan fingerprint density at radius 1 is 0.957 bits per heavy atom. The van der Waals surface area contributed by atoms with Crippen LogP contribution in [0.3, 0.4) is 0 Å². The predicted octanol–water partition coefficient (Wildman–Crippen LogP) is 4.88. The van der Waals surface area contributed by atoms with Gasteiger partial charge in [0.2, 0.25) is 5.91 Å². The minimum absolute atomic E-state index is 0.185. The van der Waals surface area contributed by atoms with Crippen LogP contribution in [0.15, 0.2) is 24.3 Å². The number of carbonyl (C=O) groups is 1. The number of ether oxygens (including phenoxy) is 1. The summed E-state index contributed by atoms with van der Waals surface area (Å²) >= 11 is 0. The fraction of sp³-hybridized carbons (Fsp3) is 0.650. The fourth-order valence-corrected chi connectivity index (χ4v) is 2.65. The average Bonchev–Trinajstić information content (AvgIpc) is 2.58. The van der Waals surface area contributed by atoms with Gasteiger partial charge in [0.1, 0.15) is 5.75 Å². The number of nitrogens with one attached hydrogen (secondary N) is 1. The van der Waals surface area contributed by atoms with E-state index in [1.165, 1.54) is 50.5 Å². The van der Waals surface area contributed by atoms with Gasteiger partial charge in [-0.15, -0.1) is 0 Å². The van der Waals surface area contributed by atoms with Gasteiger partial charge in [-0.05, 0) is 30.5 Å². The van der Waals surface area contributed by atoms with Gasteiger partial charge < -0.3 is 10.1 Å². The number of hydrogen-bond donors (Lipinski definition) is 1. The maximum atomic E-state index is 11.8. The monoisotopic (exact) mass is 319 g/mol. The van der Waals surface area contributed by atoms with Gasteiger partial charge in [-0.3, -0.25) is 4.79 Å². The lowest BCUT2D eigenvalue weighted by Gasteiger charge is -2.06. The highest BCUT2D eigenvalue weighted by molar-refractivity contribution is 5.75. The molecule has 0 saturated carbocycles. The molecule has 0 saturated heterocycles. The van der Waals surface area contributed by atoms with Crippen LogP contribution in [0, 0.1) is 0 Å². The van der Waals surface area contributed by atoms with Crippen LogP contribution < -0.4 is 10.1 Å². The summed E-state index contributed by atoms with van der Waals surface area (Å²) in [6.45, 7) is 2.95. The molecule has 0 unspecified atom stereocenters. The predicted molar refractivity (Wildman–Crippen MR) is 96.9 cm³/mol. The van der Waals surface area contributed by atoms with Crippen molar-refractivity contribution in [3.8, 4) is 5.75 Å². The molecule has 0 aromatic heterocycles. The molecule has 23 heavy (non-hydrogen) atoms. The van der Waals surface area contributed by atoms with Crippen molar-refractivity contribution < 1.29 is 9.53 Å². The van der Waals surface area contributed by atoms with Gasteiger partial charge in [0, 0.05) is 13.0 Å². The Morgan fingerprint density at radius 3 is 2.17 bits per heavy atom. The first kappa shape index (κ1) is 19.5. The number of benzene rings is 1. The molecule has 0 bridgehead atoms. The molecule has 3 heteroatoms.